The number of hydrogen-bond donors (Lipinski definition) is 4. The van der Waals surface area contributed by atoms with Crippen molar-refractivity contribution in [1.82, 2.24) is 5.32 Å². The van der Waals surface area contributed by atoms with Gasteiger partial charge in [-0.1, -0.05) is 6.07 Å². The van der Waals surface area contributed by atoms with Crippen LogP contribution in [0.2, 0.25) is 0 Å². The van der Waals surface area contributed by atoms with Crippen molar-refractivity contribution in [2.75, 3.05) is 19.4 Å². The molecule has 0 amide bonds. The number of nitrogen functional groups attached to an aromatic ring is 1. The van der Waals surface area contributed by atoms with Gasteiger partial charge in [-0.05, 0) is 31.5 Å². The molecule has 1 heterocycles. The average Bonchev–Trinajstić information content (AvgIpc) is 2.93. The number of para-hydroxylation sites is 1. The van der Waals surface area contributed by atoms with Gasteiger partial charge in [0.2, 0.25) is 0 Å². The fourth-order valence-corrected chi connectivity index (χ4v) is 1.85. The predicted octanol–water partition coefficient (Wildman–Crippen LogP) is 0.799. The molecule has 5 N–H and O–H groups in total. The molecule has 1 atom stereocenters. The maximum Gasteiger partial charge on any atom is 0.339 e. The van der Waals surface area contributed by atoms with Gasteiger partial charge >= 0.3 is 11.9 Å². The number of methoxy groups -OCH3 is 1. The minimum atomic E-state index is -1.04. The van der Waals surface area contributed by atoms with E-state index in [1.807, 2.05) is 0 Å². The van der Waals surface area contributed by atoms with Crippen molar-refractivity contribution >= 4 is 17.6 Å². The van der Waals surface area contributed by atoms with Crippen LogP contribution in [0.4, 0.5) is 5.69 Å². The van der Waals surface area contributed by atoms with E-state index in [1.54, 1.807) is 12.1 Å². The Morgan fingerprint density at radius 2 is 2.10 bits per heavy atom. The number of ether oxygens (including phenoxy) is 1. The molecule has 7 nitrogen and oxygen atoms in total. The highest BCUT2D eigenvalue weighted by Gasteiger charge is 2.20. The summed E-state index contributed by atoms with van der Waals surface area (Å²) in [4.78, 5) is 20.7. The van der Waals surface area contributed by atoms with Gasteiger partial charge in [0.05, 0.1) is 12.8 Å². The highest BCUT2D eigenvalue weighted by molar-refractivity contribution is 5.93. The Kier molecular flexibility index (Phi) is 5.79. The zero-order chi connectivity index (χ0) is 15.1. The molecule has 0 aliphatic carbocycles. The fraction of sp³-hybridized carbons (Fsp3) is 0.385. The fourth-order valence-electron chi connectivity index (χ4n) is 1.85. The second-order valence-corrected chi connectivity index (χ2v) is 4.22. The largest absolute Gasteiger partial charge is 0.494 e. The predicted molar refractivity (Wildman–Crippen MR) is 73.0 cm³/mol. The average molecular weight is 282 g/mol. The summed E-state index contributed by atoms with van der Waals surface area (Å²) in [7, 11) is 1.39. The van der Waals surface area contributed by atoms with Crippen molar-refractivity contribution in [1.29, 1.82) is 0 Å². The van der Waals surface area contributed by atoms with Crippen molar-refractivity contribution in [3.63, 3.8) is 0 Å². The number of anilines is 1. The number of nitrogens with one attached hydrogen (secondary N) is 1. The monoisotopic (exact) mass is 282 g/mol. The molecule has 1 fully saturated rings. The van der Waals surface area contributed by atoms with Crippen LogP contribution in [0.3, 0.4) is 0 Å². The van der Waals surface area contributed by atoms with Gasteiger partial charge in [0, 0.05) is 0 Å². The van der Waals surface area contributed by atoms with Crippen LogP contribution in [0.25, 0.3) is 0 Å². The maximum atomic E-state index is 10.6. The lowest BCUT2D eigenvalue weighted by Crippen LogP contribution is -2.29. The van der Waals surface area contributed by atoms with Crippen molar-refractivity contribution in [3.05, 3.63) is 23.8 Å². The van der Waals surface area contributed by atoms with Gasteiger partial charge in [-0.2, -0.15) is 0 Å². The first-order valence-electron chi connectivity index (χ1n) is 6.09. The molecule has 0 unspecified atom stereocenters. The molecule has 1 aromatic rings. The number of carbonyl (C=O) groups is 2. The van der Waals surface area contributed by atoms with Gasteiger partial charge in [0.25, 0.3) is 0 Å². The zero-order valence-corrected chi connectivity index (χ0v) is 11.1. The van der Waals surface area contributed by atoms with E-state index in [0.29, 0.717) is 5.69 Å². The molecule has 0 spiro atoms. The Balaban J connectivity index is 0.000000217. The first-order chi connectivity index (χ1) is 9.47. The normalized spacial score (nSPS) is 16.9. The molecule has 110 valence electrons. The van der Waals surface area contributed by atoms with Gasteiger partial charge in [-0.15, -0.1) is 0 Å². The lowest BCUT2D eigenvalue weighted by molar-refractivity contribution is -0.139. The molecule has 2 rings (SSSR count). The van der Waals surface area contributed by atoms with Gasteiger partial charge in [-0.25, -0.2) is 4.79 Å². The summed E-state index contributed by atoms with van der Waals surface area (Å²) < 4.78 is 4.83. The van der Waals surface area contributed by atoms with E-state index in [4.69, 9.17) is 20.7 Å². The lowest BCUT2D eigenvalue weighted by Gasteiger charge is -2.06. The van der Waals surface area contributed by atoms with Crippen LogP contribution in [0.5, 0.6) is 5.75 Å². The number of carboxylic acids is 2. The Labute approximate surface area is 116 Å². The zero-order valence-electron chi connectivity index (χ0n) is 11.1. The maximum absolute atomic E-state index is 10.6. The van der Waals surface area contributed by atoms with E-state index < -0.39 is 11.9 Å². The third kappa shape index (κ3) is 4.13. The van der Waals surface area contributed by atoms with Crippen LogP contribution >= 0.6 is 0 Å². The Morgan fingerprint density at radius 1 is 1.40 bits per heavy atom. The summed E-state index contributed by atoms with van der Waals surface area (Å²) >= 11 is 0. The summed E-state index contributed by atoms with van der Waals surface area (Å²) in [6.45, 7) is 0.858. The molecule has 1 aromatic carbocycles. The number of hydrogen-bond acceptors (Lipinski definition) is 5. The van der Waals surface area contributed by atoms with Crippen molar-refractivity contribution in [2.24, 2.45) is 0 Å². The van der Waals surface area contributed by atoms with E-state index >= 15 is 0 Å². The second-order valence-electron chi connectivity index (χ2n) is 4.22. The quantitative estimate of drug-likeness (QED) is 0.605. The molecule has 1 aliphatic heterocycles. The van der Waals surface area contributed by atoms with E-state index in [0.717, 1.165) is 19.4 Å². The van der Waals surface area contributed by atoms with Crippen molar-refractivity contribution in [3.8, 4) is 5.75 Å². The SMILES string of the molecule is COc1c(N)cccc1C(=O)O.O=C(O)[C@@H]1CCCN1. The molecule has 0 saturated carbocycles. The van der Waals surface area contributed by atoms with Crippen molar-refractivity contribution in [2.45, 2.75) is 18.9 Å². The second kappa shape index (κ2) is 7.34. The number of benzene rings is 1. The molecular formula is C13H18N2O5. The molecule has 0 aromatic heterocycles. The van der Waals surface area contributed by atoms with E-state index in [-0.39, 0.29) is 17.4 Å². The lowest BCUT2D eigenvalue weighted by atomic mass is 10.2. The highest BCUT2D eigenvalue weighted by atomic mass is 16.5. The molecule has 1 aliphatic rings. The highest BCUT2D eigenvalue weighted by Crippen LogP contribution is 2.25. The Hall–Kier alpha value is -2.28. The topological polar surface area (TPSA) is 122 Å². The molecule has 1 saturated heterocycles. The van der Waals surface area contributed by atoms with Gasteiger partial charge in [-0.3, -0.25) is 4.79 Å². The van der Waals surface area contributed by atoms with Crippen LogP contribution in [0, 0.1) is 0 Å². The van der Waals surface area contributed by atoms with Crippen LogP contribution in [0.15, 0.2) is 18.2 Å². The molecule has 0 radical (unpaired) electrons. The number of rotatable bonds is 3. The summed E-state index contributed by atoms with van der Waals surface area (Å²) in [5.74, 6) is -1.55. The van der Waals surface area contributed by atoms with E-state index in [1.165, 1.54) is 13.2 Å². The number of aliphatic carboxylic acids is 1. The molecule has 7 heteroatoms. The number of nitrogens with two attached hydrogens (primary N) is 1. The Bertz CT molecular complexity index is 484. The van der Waals surface area contributed by atoms with Gasteiger partial charge in [0.1, 0.15) is 11.6 Å². The van der Waals surface area contributed by atoms with Crippen LogP contribution < -0.4 is 15.8 Å². The smallest absolute Gasteiger partial charge is 0.339 e. The molecule has 0 bridgehead atoms. The third-order valence-corrected chi connectivity index (χ3v) is 2.84. The third-order valence-electron chi connectivity index (χ3n) is 2.84. The first-order valence-corrected chi connectivity index (χ1v) is 6.09. The first kappa shape index (κ1) is 15.8. The van der Waals surface area contributed by atoms with Crippen LogP contribution in [-0.4, -0.2) is 41.8 Å². The minimum absolute atomic E-state index is 0.0810. The number of carboxylic acid groups (broad SMARTS) is 2. The summed E-state index contributed by atoms with van der Waals surface area (Å²) in [5.41, 5.74) is 5.89. The van der Waals surface area contributed by atoms with Crippen LogP contribution in [-0.2, 0) is 4.79 Å². The summed E-state index contributed by atoms with van der Waals surface area (Å²) in [5, 5.41) is 19.9. The summed E-state index contributed by atoms with van der Waals surface area (Å²) in [6.07, 6.45) is 1.78. The minimum Gasteiger partial charge on any atom is -0.494 e. The standard InChI is InChI=1S/C8H9NO3.C5H9NO2/c1-12-7-5(8(10)11)3-2-4-6(7)9;7-5(8)4-2-1-3-6-4/h2-4H,9H2,1H3,(H,10,11);4,6H,1-3H2,(H,7,8)/t;4-/m.0/s1. The van der Waals surface area contributed by atoms with E-state index in [9.17, 15) is 9.59 Å². The number of aromatic carboxylic acids is 1. The van der Waals surface area contributed by atoms with Crippen LogP contribution in [0.1, 0.15) is 23.2 Å². The van der Waals surface area contributed by atoms with Gasteiger partial charge in [0.15, 0.2) is 5.75 Å². The van der Waals surface area contributed by atoms with E-state index in [2.05, 4.69) is 5.32 Å². The Morgan fingerprint density at radius 3 is 2.45 bits per heavy atom. The van der Waals surface area contributed by atoms with Crippen molar-refractivity contribution < 1.29 is 24.5 Å². The molecular weight excluding hydrogens is 264 g/mol. The van der Waals surface area contributed by atoms with Gasteiger partial charge < -0.3 is 26.0 Å². The molecule has 20 heavy (non-hydrogen) atoms. The summed E-state index contributed by atoms with van der Waals surface area (Å²) in [6, 6.07) is 4.33.